The Morgan fingerprint density at radius 1 is 1.25 bits per heavy atom. The van der Waals surface area contributed by atoms with Crippen molar-refractivity contribution in [3.05, 3.63) is 47.7 Å². The minimum atomic E-state index is -4.44. The molecule has 0 aliphatic carbocycles. The fourth-order valence-electron chi connectivity index (χ4n) is 2.80. The highest BCUT2D eigenvalue weighted by Crippen LogP contribution is 2.38. The van der Waals surface area contributed by atoms with Crippen LogP contribution >= 0.6 is 0 Å². The molecular weight excluding hydrogens is 377 g/mol. The molecule has 0 radical (unpaired) electrons. The van der Waals surface area contributed by atoms with E-state index in [1.807, 2.05) is 0 Å². The van der Waals surface area contributed by atoms with E-state index in [1.54, 1.807) is 11.0 Å². The Morgan fingerprint density at radius 3 is 2.50 bits per heavy atom. The van der Waals surface area contributed by atoms with Crippen LogP contribution in [0.1, 0.15) is 23.0 Å². The van der Waals surface area contributed by atoms with E-state index in [1.165, 1.54) is 25.1 Å². The molecule has 0 fully saturated rings. The summed E-state index contributed by atoms with van der Waals surface area (Å²) < 4.78 is 44.2. The first-order chi connectivity index (χ1) is 13.1. The van der Waals surface area contributed by atoms with Gasteiger partial charge in [-0.1, -0.05) is 0 Å². The summed E-state index contributed by atoms with van der Waals surface area (Å²) in [6, 6.07) is 7.63. The van der Waals surface area contributed by atoms with Crippen LogP contribution in [0.4, 0.5) is 24.5 Å². The number of carbonyl (C=O) groups excluding carboxylic acids is 2. The molecule has 7 nitrogen and oxygen atoms in total. The Balaban J connectivity index is 1.97. The average Bonchev–Trinajstić information content (AvgIpc) is 2.64. The first kappa shape index (κ1) is 19.5. The number of nitrogens with two attached hydrogens (primary N) is 1. The molecule has 3 rings (SSSR count). The highest BCUT2D eigenvalue weighted by Gasteiger charge is 2.32. The van der Waals surface area contributed by atoms with Gasteiger partial charge >= 0.3 is 6.18 Å². The SMILES string of the molecule is CC(=O)NCC1CN(c2ccc(C(F)(F)F)cc2)c2ccc(C(N)=O)nc2O1. The number of alkyl halides is 3. The summed E-state index contributed by atoms with van der Waals surface area (Å²) in [5.41, 5.74) is 5.44. The summed E-state index contributed by atoms with van der Waals surface area (Å²) in [5.74, 6) is -0.886. The number of ether oxygens (including phenoxy) is 1. The molecule has 1 atom stereocenters. The first-order valence-corrected chi connectivity index (χ1v) is 8.32. The van der Waals surface area contributed by atoms with Crippen molar-refractivity contribution in [1.82, 2.24) is 10.3 Å². The summed E-state index contributed by atoms with van der Waals surface area (Å²) >= 11 is 0. The van der Waals surface area contributed by atoms with Gasteiger partial charge in [0.1, 0.15) is 17.5 Å². The lowest BCUT2D eigenvalue weighted by Crippen LogP contribution is -2.44. The molecule has 0 bridgehead atoms. The third kappa shape index (κ3) is 4.16. The molecule has 10 heteroatoms. The monoisotopic (exact) mass is 394 g/mol. The standard InChI is InChI=1S/C18H17F3N4O3/c1-10(26)23-8-13-9-25(12-4-2-11(3-5-12)18(19,20)21)15-7-6-14(16(22)27)24-17(15)28-13/h2-7,13H,8-9H2,1H3,(H2,22,27)(H,23,26). The molecule has 148 valence electrons. The van der Waals surface area contributed by atoms with Gasteiger partial charge in [0, 0.05) is 12.6 Å². The second-order valence-corrected chi connectivity index (χ2v) is 6.22. The lowest BCUT2D eigenvalue weighted by Gasteiger charge is -2.35. The maximum atomic E-state index is 12.8. The largest absolute Gasteiger partial charge is 0.469 e. The van der Waals surface area contributed by atoms with E-state index in [-0.39, 0.29) is 30.6 Å². The highest BCUT2D eigenvalue weighted by molar-refractivity contribution is 5.91. The number of anilines is 2. The summed E-state index contributed by atoms with van der Waals surface area (Å²) in [7, 11) is 0. The number of hydrogen-bond acceptors (Lipinski definition) is 5. The molecule has 2 amide bonds. The van der Waals surface area contributed by atoms with Gasteiger partial charge < -0.3 is 20.7 Å². The number of fused-ring (bicyclic) bond motifs is 1. The topological polar surface area (TPSA) is 97.6 Å². The molecule has 1 aliphatic heterocycles. The van der Waals surface area contributed by atoms with E-state index in [0.717, 1.165) is 12.1 Å². The third-order valence-electron chi connectivity index (χ3n) is 4.13. The molecule has 0 saturated carbocycles. The quantitative estimate of drug-likeness (QED) is 0.829. The Kier molecular flexibility index (Phi) is 5.12. The van der Waals surface area contributed by atoms with Crippen LogP contribution in [0.3, 0.4) is 0 Å². The summed E-state index contributed by atoms with van der Waals surface area (Å²) in [6.45, 7) is 1.78. The predicted octanol–water partition coefficient (Wildman–Crippen LogP) is 2.23. The van der Waals surface area contributed by atoms with E-state index in [9.17, 15) is 22.8 Å². The predicted molar refractivity (Wildman–Crippen MR) is 94.3 cm³/mol. The number of amides is 2. The number of halogens is 3. The number of benzene rings is 1. The van der Waals surface area contributed by atoms with Crippen LogP contribution < -0.4 is 20.7 Å². The van der Waals surface area contributed by atoms with E-state index >= 15 is 0 Å². The fraction of sp³-hybridized carbons (Fsp3) is 0.278. The number of nitrogens with one attached hydrogen (secondary N) is 1. The van der Waals surface area contributed by atoms with Crippen molar-refractivity contribution in [3.8, 4) is 5.88 Å². The highest BCUT2D eigenvalue weighted by atomic mass is 19.4. The molecule has 0 saturated heterocycles. The van der Waals surface area contributed by atoms with E-state index < -0.39 is 23.8 Å². The molecule has 1 aromatic carbocycles. The van der Waals surface area contributed by atoms with Gasteiger partial charge in [-0.2, -0.15) is 13.2 Å². The smallest absolute Gasteiger partial charge is 0.416 e. The Morgan fingerprint density at radius 2 is 1.93 bits per heavy atom. The van der Waals surface area contributed by atoms with Crippen molar-refractivity contribution in [1.29, 1.82) is 0 Å². The van der Waals surface area contributed by atoms with Crippen molar-refractivity contribution in [2.75, 3.05) is 18.0 Å². The van der Waals surface area contributed by atoms with Gasteiger partial charge in [-0.15, -0.1) is 0 Å². The second-order valence-electron chi connectivity index (χ2n) is 6.22. The van der Waals surface area contributed by atoms with Crippen molar-refractivity contribution in [3.63, 3.8) is 0 Å². The van der Waals surface area contributed by atoms with Crippen LogP contribution in [-0.2, 0) is 11.0 Å². The zero-order valence-electron chi connectivity index (χ0n) is 14.8. The number of hydrogen-bond donors (Lipinski definition) is 2. The number of primary amides is 1. The minimum Gasteiger partial charge on any atom is -0.469 e. The van der Waals surface area contributed by atoms with Crippen LogP contribution in [-0.4, -0.2) is 36.0 Å². The molecule has 1 aromatic heterocycles. The summed E-state index contributed by atoms with van der Waals surface area (Å²) in [5, 5.41) is 2.63. The minimum absolute atomic E-state index is 0.00806. The van der Waals surface area contributed by atoms with Crippen LogP contribution in [0.2, 0.25) is 0 Å². The van der Waals surface area contributed by atoms with E-state index in [0.29, 0.717) is 11.4 Å². The Labute approximate surface area is 158 Å². The van der Waals surface area contributed by atoms with Gasteiger partial charge in [-0.3, -0.25) is 9.59 Å². The third-order valence-corrected chi connectivity index (χ3v) is 4.13. The summed E-state index contributed by atoms with van der Waals surface area (Å²) in [6.07, 6.45) is -4.97. The first-order valence-electron chi connectivity index (χ1n) is 8.32. The number of carbonyl (C=O) groups is 2. The molecule has 3 N–H and O–H groups in total. The molecule has 1 aliphatic rings. The van der Waals surface area contributed by atoms with Gasteiger partial charge in [0.2, 0.25) is 11.8 Å². The van der Waals surface area contributed by atoms with Gasteiger partial charge in [0.25, 0.3) is 5.91 Å². The lowest BCUT2D eigenvalue weighted by atomic mass is 10.1. The molecule has 2 heterocycles. The van der Waals surface area contributed by atoms with Crippen molar-refractivity contribution >= 4 is 23.2 Å². The Bertz CT molecular complexity index is 900. The summed E-state index contributed by atoms with van der Waals surface area (Å²) in [4.78, 5) is 28.4. The number of rotatable bonds is 4. The molecule has 2 aromatic rings. The second kappa shape index (κ2) is 7.37. The van der Waals surface area contributed by atoms with Gasteiger partial charge in [-0.05, 0) is 36.4 Å². The maximum absolute atomic E-state index is 12.8. The number of nitrogens with zero attached hydrogens (tertiary/aromatic N) is 2. The average molecular weight is 394 g/mol. The molecule has 1 unspecified atom stereocenters. The molecular formula is C18H17F3N4O3. The van der Waals surface area contributed by atoms with Crippen LogP contribution in [0.25, 0.3) is 0 Å². The van der Waals surface area contributed by atoms with Gasteiger partial charge in [0.15, 0.2) is 0 Å². The zero-order valence-corrected chi connectivity index (χ0v) is 14.8. The molecule has 0 spiro atoms. The van der Waals surface area contributed by atoms with Gasteiger partial charge in [0.05, 0.1) is 18.7 Å². The van der Waals surface area contributed by atoms with Crippen molar-refractivity contribution in [2.24, 2.45) is 5.73 Å². The fourth-order valence-corrected chi connectivity index (χ4v) is 2.80. The van der Waals surface area contributed by atoms with Crippen LogP contribution in [0.5, 0.6) is 5.88 Å². The van der Waals surface area contributed by atoms with E-state index in [2.05, 4.69) is 10.3 Å². The van der Waals surface area contributed by atoms with Crippen LogP contribution in [0.15, 0.2) is 36.4 Å². The maximum Gasteiger partial charge on any atom is 0.416 e. The zero-order chi connectivity index (χ0) is 20.5. The van der Waals surface area contributed by atoms with Crippen molar-refractivity contribution < 1.29 is 27.5 Å². The van der Waals surface area contributed by atoms with Gasteiger partial charge in [-0.25, -0.2) is 4.98 Å². The number of pyridine rings is 1. The van der Waals surface area contributed by atoms with E-state index in [4.69, 9.17) is 10.5 Å². The lowest BCUT2D eigenvalue weighted by molar-refractivity contribution is -0.137. The van der Waals surface area contributed by atoms with Crippen LogP contribution in [0, 0.1) is 0 Å². The Hall–Kier alpha value is -3.30. The molecule has 28 heavy (non-hydrogen) atoms. The normalized spacial score (nSPS) is 16.1. The number of aromatic nitrogens is 1. The van der Waals surface area contributed by atoms with Crippen molar-refractivity contribution in [2.45, 2.75) is 19.2 Å².